The normalized spacial score (nSPS) is 14.2. The largest absolute Gasteiger partial charge is 0.494 e. The van der Waals surface area contributed by atoms with Crippen LogP contribution in [0.2, 0.25) is 0 Å². The van der Waals surface area contributed by atoms with Crippen LogP contribution in [0.5, 0.6) is 5.75 Å². The third-order valence-electron chi connectivity index (χ3n) is 3.37. The van der Waals surface area contributed by atoms with Gasteiger partial charge in [-0.15, -0.1) is 0 Å². The summed E-state index contributed by atoms with van der Waals surface area (Å²) in [6.07, 6.45) is -0.596. The molecule has 0 radical (unpaired) electrons. The van der Waals surface area contributed by atoms with E-state index in [2.05, 4.69) is 10.1 Å². The highest BCUT2D eigenvalue weighted by Gasteiger charge is 2.27. The van der Waals surface area contributed by atoms with Crippen molar-refractivity contribution in [2.75, 3.05) is 7.11 Å². The van der Waals surface area contributed by atoms with E-state index in [0.29, 0.717) is 17.3 Å². The van der Waals surface area contributed by atoms with Gasteiger partial charge in [-0.1, -0.05) is 19.0 Å². The number of benzene rings is 1. The first-order valence-corrected chi connectivity index (χ1v) is 6.79. The predicted octanol–water partition coefficient (Wildman–Crippen LogP) is 3.00. The molecular weight excluding hydrogens is 275 g/mol. The molecule has 0 saturated carbocycles. The standard InChI is InChI=1S/C15H19FN2O3/c1-8(2)13(9(3)19)15-17-14(18-21-15)10-5-6-11(16)12(7-10)20-4/h5-9,13,19H,1-4H3. The van der Waals surface area contributed by atoms with Gasteiger partial charge in [0.15, 0.2) is 11.6 Å². The smallest absolute Gasteiger partial charge is 0.232 e. The zero-order chi connectivity index (χ0) is 15.6. The molecule has 0 aliphatic rings. The van der Waals surface area contributed by atoms with Crippen molar-refractivity contribution in [3.05, 3.63) is 29.9 Å². The molecule has 2 rings (SSSR count). The minimum absolute atomic E-state index is 0.120. The van der Waals surface area contributed by atoms with Crippen LogP contribution in [-0.4, -0.2) is 28.5 Å². The number of halogens is 1. The molecule has 5 nitrogen and oxygen atoms in total. The number of hydrogen-bond donors (Lipinski definition) is 1. The lowest BCUT2D eigenvalue weighted by Gasteiger charge is -2.19. The lowest BCUT2D eigenvalue weighted by Crippen LogP contribution is -2.20. The number of ether oxygens (including phenoxy) is 1. The highest BCUT2D eigenvalue weighted by atomic mass is 19.1. The van der Waals surface area contributed by atoms with Crippen molar-refractivity contribution in [2.45, 2.75) is 32.8 Å². The van der Waals surface area contributed by atoms with E-state index < -0.39 is 11.9 Å². The quantitative estimate of drug-likeness (QED) is 0.918. The number of aliphatic hydroxyl groups is 1. The molecule has 0 aliphatic carbocycles. The Morgan fingerprint density at radius 2 is 2.00 bits per heavy atom. The van der Waals surface area contributed by atoms with E-state index in [9.17, 15) is 9.50 Å². The van der Waals surface area contributed by atoms with Gasteiger partial charge in [-0.3, -0.25) is 0 Å². The van der Waals surface area contributed by atoms with Gasteiger partial charge in [-0.2, -0.15) is 4.98 Å². The summed E-state index contributed by atoms with van der Waals surface area (Å²) >= 11 is 0. The van der Waals surface area contributed by atoms with Crippen molar-refractivity contribution in [3.8, 4) is 17.1 Å². The van der Waals surface area contributed by atoms with Crippen LogP contribution in [-0.2, 0) is 0 Å². The summed E-state index contributed by atoms with van der Waals surface area (Å²) in [5, 5.41) is 13.7. The van der Waals surface area contributed by atoms with Crippen LogP contribution in [0.15, 0.2) is 22.7 Å². The molecule has 1 aromatic carbocycles. The number of rotatable bonds is 5. The van der Waals surface area contributed by atoms with Crippen LogP contribution in [0, 0.1) is 11.7 Å². The second-order valence-electron chi connectivity index (χ2n) is 5.32. The number of aromatic nitrogens is 2. The van der Waals surface area contributed by atoms with Gasteiger partial charge in [-0.25, -0.2) is 4.39 Å². The molecule has 2 atom stereocenters. The van der Waals surface area contributed by atoms with Crippen LogP contribution < -0.4 is 4.74 Å². The third kappa shape index (κ3) is 3.21. The molecule has 0 saturated heterocycles. The molecule has 1 heterocycles. The zero-order valence-corrected chi connectivity index (χ0v) is 12.5. The molecule has 0 amide bonds. The van der Waals surface area contributed by atoms with Gasteiger partial charge in [-0.05, 0) is 31.0 Å². The van der Waals surface area contributed by atoms with Crippen LogP contribution in [0.3, 0.4) is 0 Å². The fourth-order valence-corrected chi connectivity index (χ4v) is 2.34. The lowest BCUT2D eigenvalue weighted by atomic mass is 9.91. The summed E-state index contributed by atoms with van der Waals surface area (Å²) in [6.45, 7) is 5.64. The van der Waals surface area contributed by atoms with E-state index in [0.717, 1.165) is 0 Å². The molecule has 0 spiro atoms. The number of hydrogen-bond acceptors (Lipinski definition) is 5. The minimum atomic E-state index is -0.596. The number of aliphatic hydroxyl groups excluding tert-OH is 1. The first kappa shape index (κ1) is 15.4. The van der Waals surface area contributed by atoms with Gasteiger partial charge < -0.3 is 14.4 Å². The topological polar surface area (TPSA) is 68.4 Å². The number of nitrogens with zero attached hydrogens (tertiary/aromatic N) is 2. The first-order chi connectivity index (χ1) is 9.93. The maximum atomic E-state index is 13.4. The fourth-order valence-electron chi connectivity index (χ4n) is 2.34. The number of methoxy groups -OCH3 is 1. The summed E-state index contributed by atoms with van der Waals surface area (Å²) in [5.41, 5.74) is 0.594. The van der Waals surface area contributed by atoms with Crippen LogP contribution >= 0.6 is 0 Å². The van der Waals surface area contributed by atoms with E-state index in [1.54, 1.807) is 13.0 Å². The van der Waals surface area contributed by atoms with Crippen molar-refractivity contribution >= 4 is 0 Å². The van der Waals surface area contributed by atoms with Gasteiger partial charge in [0.1, 0.15) is 0 Å². The highest BCUT2D eigenvalue weighted by Crippen LogP contribution is 2.30. The molecule has 0 fully saturated rings. The van der Waals surface area contributed by atoms with E-state index in [1.807, 2.05) is 13.8 Å². The highest BCUT2D eigenvalue weighted by molar-refractivity contribution is 5.57. The Kier molecular flexibility index (Phi) is 4.57. The van der Waals surface area contributed by atoms with Gasteiger partial charge in [0, 0.05) is 5.56 Å². The zero-order valence-electron chi connectivity index (χ0n) is 12.5. The maximum absolute atomic E-state index is 13.4. The van der Waals surface area contributed by atoms with Crippen LogP contribution in [0.1, 0.15) is 32.6 Å². The van der Waals surface area contributed by atoms with Crippen molar-refractivity contribution in [3.63, 3.8) is 0 Å². The second kappa shape index (κ2) is 6.22. The van der Waals surface area contributed by atoms with Crippen molar-refractivity contribution in [1.82, 2.24) is 10.1 Å². The van der Waals surface area contributed by atoms with Crippen LogP contribution in [0.25, 0.3) is 11.4 Å². The van der Waals surface area contributed by atoms with Gasteiger partial charge >= 0.3 is 0 Å². The SMILES string of the molecule is COc1cc(-c2noc(C(C(C)C)C(C)O)n2)ccc1F. The fraction of sp³-hybridized carbons (Fsp3) is 0.467. The molecule has 6 heteroatoms. The van der Waals surface area contributed by atoms with Crippen molar-refractivity contribution in [2.24, 2.45) is 5.92 Å². The molecule has 1 aromatic heterocycles. The summed E-state index contributed by atoms with van der Waals surface area (Å²) in [7, 11) is 1.39. The molecule has 0 bridgehead atoms. The summed E-state index contributed by atoms with van der Waals surface area (Å²) in [6, 6.07) is 4.36. The molecule has 114 valence electrons. The maximum Gasteiger partial charge on any atom is 0.232 e. The van der Waals surface area contributed by atoms with Gasteiger partial charge in [0.2, 0.25) is 11.7 Å². The van der Waals surface area contributed by atoms with E-state index in [1.165, 1.54) is 19.2 Å². The predicted molar refractivity (Wildman–Crippen MR) is 75.5 cm³/mol. The van der Waals surface area contributed by atoms with Crippen LogP contribution in [0.4, 0.5) is 4.39 Å². The Hall–Kier alpha value is -1.95. The Morgan fingerprint density at radius 1 is 1.29 bits per heavy atom. The Morgan fingerprint density at radius 3 is 2.57 bits per heavy atom. The summed E-state index contributed by atoms with van der Waals surface area (Å²) in [5.74, 6) is 0.298. The second-order valence-corrected chi connectivity index (χ2v) is 5.32. The Bertz CT molecular complexity index is 603. The van der Waals surface area contributed by atoms with Gasteiger partial charge in [0.25, 0.3) is 0 Å². The van der Waals surface area contributed by atoms with E-state index in [-0.39, 0.29) is 17.6 Å². The van der Waals surface area contributed by atoms with Crippen molar-refractivity contribution in [1.29, 1.82) is 0 Å². The van der Waals surface area contributed by atoms with E-state index >= 15 is 0 Å². The Balaban J connectivity index is 2.35. The minimum Gasteiger partial charge on any atom is -0.494 e. The third-order valence-corrected chi connectivity index (χ3v) is 3.37. The monoisotopic (exact) mass is 294 g/mol. The summed E-state index contributed by atoms with van der Waals surface area (Å²) < 4.78 is 23.6. The lowest BCUT2D eigenvalue weighted by molar-refractivity contribution is 0.120. The molecule has 2 aromatic rings. The summed E-state index contributed by atoms with van der Waals surface area (Å²) in [4.78, 5) is 4.31. The van der Waals surface area contributed by atoms with Crippen molar-refractivity contribution < 1.29 is 18.8 Å². The average Bonchev–Trinajstić information content (AvgIpc) is 2.87. The first-order valence-electron chi connectivity index (χ1n) is 6.79. The molecule has 0 aliphatic heterocycles. The molecule has 1 N–H and O–H groups in total. The van der Waals surface area contributed by atoms with E-state index in [4.69, 9.17) is 9.26 Å². The Labute approximate surface area is 122 Å². The molecule has 2 unspecified atom stereocenters. The molecular formula is C15H19FN2O3. The van der Waals surface area contributed by atoms with Gasteiger partial charge in [0.05, 0.1) is 19.1 Å². The molecule has 21 heavy (non-hydrogen) atoms. The average molecular weight is 294 g/mol.